The molecular weight excluding hydrogens is 556 g/mol. The van der Waals surface area contributed by atoms with Crippen LogP contribution in [0.3, 0.4) is 0 Å². The summed E-state index contributed by atoms with van der Waals surface area (Å²) in [6, 6.07) is 60.2. The number of ether oxygens (including phenoxy) is 1. The van der Waals surface area contributed by atoms with E-state index in [1.165, 1.54) is 72.3 Å². The second-order valence-electron chi connectivity index (χ2n) is 12.9. The molecule has 1 heteroatoms. The summed E-state index contributed by atoms with van der Waals surface area (Å²) in [7, 11) is 0. The molecule has 46 heavy (non-hydrogen) atoms. The molecule has 216 valence electrons. The Morgan fingerprint density at radius 3 is 1.57 bits per heavy atom. The van der Waals surface area contributed by atoms with Gasteiger partial charge in [0.2, 0.25) is 0 Å². The molecule has 2 aliphatic carbocycles. The van der Waals surface area contributed by atoms with Crippen LogP contribution in [0.25, 0.3) is 33.4 Å². The minimum Gasteiger partial charge on any atom is -0.457 e. The van der Waals surface area contributed by atoms with Gasteiger partial charge in [-0.3, -0.25) is 0 Å². The van der Waals surface area contributed by atoms with Gasteiger partial charge >= 0.3 is 0 Å². The second-order valence-corrected chi connectivity index (χ2v) is 12.9. The molecule has 0 radical (unpaired) electrons. The van der Waals surface area contributed by atoms with Crippen molar-refractivity contribution in [3.8, 4) is 44.9 Å². The highest BCUT2D eigenvalue weighted by molar-refractivity contribution is 5.98. The van der Waals surface area contributed by atoms with E-state index in [1.807, 2.05) is 0 Å². The Labute approximate surface area is 269 Å². The molecule has 0 amide bonds. The van der Waals surface area contributed by atoms with E-state index in [-0.39, 0.29) is 5.41 Å². The van der Waals surface area contributed by atoms with Gasteiger partial charge in [0.15, 0.2) is 0 Å². The SMILES string of the molecule is CC1(c2ccccc2)c2ccccc2Oc2ccc(-c3cccc4c3C3(c5ccccc5-c5ccccc53)c3ccccc3-4)cc21. The first-order valence-electron chi connectivity index (χ1n) is 16.1. The highest BCUT2D eigenvalue weighted by Crippen LogP contribution is 2.64. The lowest BCUT2D eigenvalue weighted by molar-refractivity contribution is 0.427. The zero-order valence-corrected chi connectivity index (χ0v) is 25.5. The number of fused-ring (bicyclic) bond motifs is 12. The third kappa shape index (κ3) is 3.10. The molecule has 0 aromatic heterocycles. The molecule has 1 spiro atoms. The van der Waals surface area contributed by atoms with E-state index >= 15 is 0 Å². The van der Waals surface area contributed by atoms with Crippen LogP contribution >= 0.6 is 0 Å². The fourth-order valence-electron chi connectivity index (χ4n) is 8.89. The lowest BCUT2D eigenvalue weighted by Gasteiger charge is -2.38. The minimum atomic E-state index is -0.405. The van der Waals surface area contributed by atoms with E-state index in [2.05, 4.69) is 171 Å². The third-order valence-corrected chi connectivity index (χ3v) is 10.8. The van der Waals surface area contributed by atoms with Gasteiger partial charge in [-0.15, -0.1) is 0 Å². The molecule has 1 atom stereocenters. The topological polar surface area (TPSA) is 9.23 Å². The van der Waals surface area contributed by atoms with E-state index in [4.69, 9.17) is 4.74 Å². The molecule has 7 aromatic rings. The van der Waals surface area contributed by atoms with Crippen LogP contribution in [0.2, 0.25) is 0 Å². The van der Waals surface area contributed by atoms with Crippen molar-refractivity contribution in [3.05, 3.63) is 203 Å². The fraction of sp³-hybridized carbons (Fsp3) is 0.0667. The molecule has 1 unspecified atom stereocenters. The van der Waals surface area contributed by atoms with E-state index < -0.39 is 5.41 Å². The number of benzene rings is 7. The molecule has 1 aliphatic heterocycles. The van der Waals surface area contributed by atoms with Crippen LogP contribution in [-0.4, -0.2) is 0 Å². The largest absolute Gasteiger partial charge is 0.457 e. The first-order valence-corrected chi connectivity index (χ1v) is 16.1. The predicted molar refractivity (Wildman–Crippen MR) is 187 cm³/mol. The van der Waals surface area contributed by atoms with Gasteiger partial charge in [0.25, 0.3) is 0 Å². The highest BCUT2D eigenvalue weighted by Gasteiger charge is 2.52. The summed E-state index contributed by atoms with van der Waals surface area (Å²) in [6.07, 6.45) is 0. The summed E-state index contributed by atoms with van der Waals surface area (Å²) in [5, 5.41) is 0. The summed E-state index contributed by atoms with van der Waals surface area (Å²) in [6.45, 7) is 2.35. The molecule has 0 saturated heterocycles. The second kappa shape index (κ2) is 9.19. The first kappa shape index (κ1) is 25.6. The lowest BCUT2D eigenvalue weighted by Crippen LogP contribution is -2.29. The lowest BCUT2D eigenvalue weighted by atomic mass is 9.67. The van der Waals surface area contributed by atoms with Crippen LogP contribution < -0.4 is 4.74 Å². The van der Waals surface area contributed by atoms with Crippen molar-refractivity contribution in [1.29, 1.82) is 0 Å². The summed E-state index contributed by atoms with van der Waals surface area (Å²) in [4.78, 5) is 0. The van der Waals surface area contributed by atoms with Crippen molar-refractivity contribution in [3.63, 3.8) is 0 Å². The van der Waals surface area contributed by atoms with Crippen molar-refractivity contribution >= 4 is 0 Å². The summed E-state index contributed by atoms with van der Waals surface area (Å²) >= 11 is 0. The number of rotatable bonds is 2. The van der Waals surface area contributed by atoms with E-state index in [0.717, 1.165) is 11.5 Å². The Morgan fingerprint density at radius 2 is 0.891 bits per heavy atom. The summed E-state index contributed by atoms with van der Waals surface area (Å²) in [5.41, 5.74) is 16.0. The Kier molecular flexibility index (Phi) is 5.12. The number of hydrogen-bond donors (Lipinski definition) is 0. The Balaban J connectivity index is 1.28. The maximum Gasteiger partial charge on any atom is 0.131 e. The maximum atomic E-state index is 6.61. The number of hydrogen-bond acceptors (Lipinski definition) is 1. The number of para-hydroxylation sites is 1. The molecule has 0 bridgehead atoms. The van der Waals surface area contributed by atoms with Crippen LogP contribution in [0.1, 0.15) is 45.9 Å². The molecule has 0 saturated carbocycles. The van der Waals surface area contributed by atoms with Crippen molar-refractivity contribution in [1.82, 2.24) is 0 Å². The standard InChI is InChI=1S/C45H30O/c1-44(30-14-3-2-4-15-30)39-24-11-12-25-41(39)46-42-27-26-29(28-40(42)44)31-19-13-20-35-34-18-7-10-23-38(34)45(43(31)35)36-21-8-5-16-32(36)33-17-6-9-22-37(33)45/h2-28H,1H3. The van der Waals surface area contributed by atoms with Gasteiger partial charge in [-0.05, 0) is 86.3 Å². The normalized spacial score (nSPS) is 17.2. The van der Waals surface area contributed by atoms with E-state index in [1.54, 1.807) is 0 Å². The van der Waals surface area contributed by atoms with Crippen LogP contribution in [0.5, 0.6) is 11.5 Å². The first-order chi connectivity index (χ1) is 22.7. The van der Waals surface area contributed by atoms with Crippen molar-refractivity contribution in [2.24, 2.45) is 0 Å². The van der Waals surface area contributed by atoms with Crippen LogP contribution in [0.4, 0.5) is 0 Å². The Morgan fingerprint density at radius 1 is 0.391 bits per heavy atom. The Bertz CT molecular complexity index is 2300. The average molecular weight is 587 g/mol. The zero-order chi connectivity index (χ0) is 30.5. The molecule has 10 rings (SSSR count). The molecule has 1 nitrogen and oxygen atoms in total. The summed E-state index contributed by atoms with van der Waals surface area (Å²) < 4.78 is 6.61. The van der Waals surface area contributed by atoms with Gasteiger partial charge in [0.1, 0.15) is 11.5 Å². The van der Waals surface area contributed by atoms with Crippen molar-refractivity contribution < 1.29 is 4.74 Å². The van der Waals surface area contributed by atoms with Gasteiger partial charge < -0.3 is 4.74 Å². The summed E-state index contributed by atoms with van der Waals surface area (Å²) in [5.74, 6) is 1.83. The molecule has 0 N–H and O–H groups in total. The Hall–Kier alpha value is -5.66. The fourth-order valence-corrected chi connectivity index (χ4v) is 8.89. The van der Waals surface area contributed by atoms with Crippen LogP contribution in [0.15, 0.2) is 164 Å². The molecule has 1 heterocycles. The molecule has 0 fully saturated rings. The molecular formula is C45H30O. The van der Waals surface area contributed by atoms with Gasteiger partial charge in [-0.2, -0.15) is 0 Å². The van der Waals surface area contributed by atoms with E-state index in [9.17, 15) is 0 Å². The van der Waals surface area contributed by atoms with Gasteiger partial charge in [0.05, 0.1) is 5.41 Å². The average Bonchev–Trinajstić information content (AvgIpc) is 3.60. The molecule has 7 aromatic carbocycles. The minimum absolute atomic E-state index is 0.382. The van der Waals surface area contributed by atoms with Crippen molar-refractivity contribution in [2.75, 3.05) is 0 Å². The van der Waals surface area contributed by atoms with Gasteiger partial charge in [-0.1, -0.05) is 146 Å². The van der Waals surface area contributed by atoms with Crippen LogP contribution in [0, 0.1) is 0 Å². The third-order valence-electron chi connectivity index (χ3n) is 10.8. The van der Waals surface area contributed by atoms with Crippen molar-refractivity contribution in [2.45, 2.75) is 17.8 Å². The highest BCUT2D eigenvalue weighted by atomic mass is 16.5. The van der Waals surface area contributed by atoms with Crippen LogP contribution in [-0.2, 0) is 10.8 Å². The smallest absolute Gasteiger partial charge is 0.131 e. The molecule has 3 aliphatic rings. The monoisotopic (exact) mass is 586 g/mol. The quantitative estimate of drug-likeness (QED) is 0.196. The zero-order valence-electron chi connectivity index (χ0n) is 25.5. The van der Waals surface area contributed by atoms with Gasteiger partial charge in [0, 0.05) is 16.5 Å². The van der Waals surface area contributed by atoms with Gasteiger partial charge in [-0.25, -0.2) is 0 Å². The van der Waals surface area contributed by atoms with E-state index in [0.29, 0.717) is 0 Å². The maximum absolute atomic E-state index is 6.61. The predicted octanol–water partition coefficient (Wildman–Crippen LogP) is 11.2.